The fraction of sp³-hybridized carbons (Fsp3) is 0.917. The molecule has 2 aliphatic carbocycles. The van der Waals surface area contributed by atoms with Gasteiger partial charge in [-0.3, -0.25) is 9.59 Å². The Kier molecular flexibility index (Phi) is 8.39. The van der Waals surface area contributed by atoms with Gasteiger partial charge in [-0.2, -0.15) is 0 Å². The molecule has 2 aliphatic rings. The van der Waals surface area contributed by atoms with Crippen molar-refractivity contribution in [1.29, 1.82) is 0 Å². The van der Waals surface area contributed by atoms with Crippen molar-refractivity contribution in [3.05, 3.63) is 0 Å². The highest BCUT2D eigenvalue weighted by Crippen LogP contribution is 2.44. The Hall–Kier alpha value is -1.06. The van der Waals surface area contributed by atoms with Crippen molar-refractivity contribution in [3.63, 3.8) is 0 Å². The second-order valence-electron chi connectivity index (χ2n) is 10.5. The monoisotopic (exact) mass is 394 g/mol. The van der Waals surface area contributed by atoms with Crippen LogP contribution in [0.15, 0.2) is 0 Å². The predicted molar refractivity (Wildman–Crippen MR) is 112 cm³/mol. The number of rotatable bonds is 7. The molecule has 4 nitrogen and oxygen atoms in total. The Bertz CT molecular complexity index is 527. The van der Waals surface area contributed by atoms with E-state index in [1.54, 1.807) is 0 Å². The largest absolute Gasteiger partial charge is 0.481 e. The summed E-state index contributed by atoms with van der Waals surface area (Å²) in [5, 5.41) is 9.53. The molecule has 7 unspecified atom stereocenters. The van der Waals surface area contributed by atoms with E-state index in [-0.39, 0.29) is 24.4 Å². The van der Waals surface area contributed by atoms with Gasteiger partial charge in [-0.25, -0.2) is 0 Å². The van der Waals surface area contributed by atoms with Gasteiger partial charge in [0.15, 0.2) is 0 Å². The zero-order chi connectivity index (χ0) is 21.0. The smallest absolute Gasteiger partial charge is 0.310 e. The second kappa shape index (κ2) is 10.1. The molecule has 0 saturated heterocycles. The standard InChI is InChI=1S/C24H42O4/c1-14(2)18-9-7-16(5)11-20(18)21(13-23(25)26)24(27)28-22-12-17(6)8-10-19(22)15(3)4/h14-22H,7-13H2,1-6H3,(H,25,26). The molecule has 0 heterocycles. The summed E-state index contributed by atoms with van der Waals surface area (Å²) >= 11 is 0. The van der Waals surface area contributed by atoms with Gasteiger partial charge in [-0.15, -0.1) is 0 Å². The molecule has 0 aromatic carbocycles. The molecule has 0 bridgehead atoms. The predicted octanol–water partition coefficient (Wildman–Crippen LogP) is 5.79. The topological polar surface area (TPSA) is 63.6 Å². The van der Waals surface area contributed by atoms with Gasteiger partial charge in [0.05, 0.1) is 12.3 Å². The van der Waals surface area contributed by atoms with Crippen molar-refractivity contribution in [2.75, 3.05) is 0 Å². The lowest BCUT2D eigenvalue weighted by Crippen LogP contribution is -2.42. The van der Waals surface area contributed by atoms with Crippen LogP contribution in [-0.4, -0.2) is 23.1 Å². The minimum atomic E-state index is -0.889. The van der Waals surface area contributed by atoms with Crippen LogP contribution in [0.1, 0.15) is 86.5 Å². The zero-order valence-corrected chi connectivity index (χ0v) is 18.8. The van der Waals surface area contributed by atoms with Gasteiger partial charge in [0.1, 0.15) is 6.10 Å². The molecule has 162 valence electrons. The van der Waals surface area contributed by atoms with Crippen LogP contribution in [0, 0.1) is 47.3 Å². The molecule has 2 rings (SSSR count). The number of hydrogen-bond acceptors (Lipinski definition) is 3. The number of ether oxygens (including phenoxy) is 1. The SMILES string of the molecule is CC1CCC(C(C)C)C(OC(=O)C(CC(=O)O)C2CC(C)CCC2C(C)C)C1. The van der Waals surface area contributed by atoms with Gasteiger partial charge in [-0.05, 0) is 67.1 Å². The van der Waals surface area contributed by atoms with Crippen molar-refractivity contribution in [2.45, 2.75) is 92.6 Å². The Morgan fingerprint density at radius 1 is 0.857 bits per heavy atom. The number of esters is 1. The van der Waals surface area contributed by atoms with Gasteiger partial charge in [0, 0.05) is 0 Å². The fourth-order valence-corrected chi connectivity index (χ4v) is 5.82. The number of carbonyl (C=O) groups excluding carboxylic acids is 1. The van der Waals surface area contributed by atoms with Crippen LogP contribution in [-0.2, 0) is 14.3 Å². The maximum Gasteiger partial charge on any atom is 0.310 e. The average molecular weight is 395 g/mol. The van der Waals surface area contributed by atoms with Crippen molar-refractivity contribution in [1.82, 2.24) is 0 Å². The summed E-state index contributed by atoms with van der Waals surface area (Å²) in [6.45, 7) is 13.3. The maximum atomic E-state index is 13.3. The summed E-state index contributed by atoms with van der Waals surface area (Å²) in [6, 6.07) is 0. The summed E-state index contributed by atoms with van der Waals surface area (Å²) in [7, 11) is 0. The van der Waals surface area contributed by atoms with E-state index in [2.05, 4.69) is 41.5 Å². The molecule has 0 aliphatic heterocycles. The lowest BCUT2D eigenvalue weighted by Gasteiger charge is -2.42. The van der Waals surface area contributed by atoms with E-state index in [0.717, 1.165) is 25.7 Å². The van der Waals surface area contributed by atoms with Crippen LogP contribution in [0.5, 0.6) is 0 Å². The third kappa shape index (κ3) is 5.97. The van der Waals surface area contributed by atoms with Gasteiger partial charge in [0.2, 0.25) is 0 Å². The average Bonchev–Trinajstić information content (AvgIpc) is 2.58. The highest BCUT2D eigenvalue weighted by Gasteiger charge is 2.42. The molecule has 0 aromatic heterocycles. The first-order valence-corrected chi connectivity index (χ1v) is 11.5. The second-order valence-corrected chi connectivity index (χ2v) is 10.5. The van der Waals surface area contributed by atoms with Crippen LogP contribution in [0.25, 0.3) is 0 Å². The zero-order valence-electron chi connectivity index (χ0n) is 18.8. The Morgan fingerprint density at radius 3 is 1.93 bits per heavy atom. The third-order valence-electron chi connectivity index (χ3n) is 7.52. The van der Waals surface area contributed by atoms with Gasteiger partial charge in [0.25, 0.3) is 0 Å². The van der Waals surface area contributed by atoms with Crippen molar-refractivity contribution < 1.29 is 19.4 Å². The summed E-state index contributed by atoms with van der Waals surface area (Å²) < 4.78 is 6.11. The van der Waals surface area contributed by atoms with E-state index in [4.69, 9.17) is 4.74 Å². The Labute approximate surface area is 171 Å². The highest BCUT2D eigenvalue weighted by molar-refractivity contribution is 5.79. The molecule has 2 fully saturated rings. The molecule has 0 spiro atoms. The minimum Gasteiger partial charge on any atom is -0.481 e. The van der Waals surface area contributed by atoms with Crippen molar-refractivity contribution in [3.8, 4) is 0 Å². The quantitative estimate of drug-likeness (QED) is 0.555. The van der Waals surface area contributed by atoms with Crippen LogP contribution in [0.4, 0.5) is 0 Å². The van der Waals surface area contributed by atoms with E-state index in [1.165, 1.54) is 12.8 Å². The van der Waals surface area contributed by atoms with Crippen LogP contribution in [0.3, 0.4) is 0 Å². The molecule has 4 heteroatoms. The lowest BCUT2D eigenvalue weighted by molar-refractivity contribution is -0.168. The summed E-state index contributed by atoms with van der Waals surface area (Å²) in [5.74, 6) is 1.28. The molecule has 0 aromatic rings. The van der Waals surface area contributed by atoms with Crippen LogP contribution in [0.2, 0.25) is 0 Å². The first-order valence-electron chi connectivity index (χ1n) is 11.5. The molecular formula is C24H42O4. The number of hydrogen-bond donors (Lipinski definition) is 1. The number of carbonyl (C=O) groups is 2. The lowest BCUT2D eigenvalue weighted by atomic mass is 9.64. The normalized spacial score (nSPS) is 35.0. The minimum absolute atomic E-state index is 0.0638. The molecule has 1 N–H and O–H groups in total. The molecule has 0 radical (unpaired) electrons. The van der Waals surface area contributed by atoms with E-state index in [0.29, 0.717) is 35.5 Å². The molecule has 2 saturated carbocycles. The molecule has 28 heavy (non-hydrogen) atoms. The molecule has 0 amide bonds. The number of carboxylic acid groups (broad SMARTS) is 1. The third-order valence-corrected chi connectivity index (χ3v) is 7.52. The van der Waals surface area contributed by atoms with Crippen molar-refractivity contribution >= 4 is 11.9 Å². The van der Waals surface area contributed by atoms with E-state index in [9.17, 15) is 14.7 Å². The van der Waals surface area contributed by atoms with E-state index < -0.39 is 11.9 Å². The summed E-state index contributed by atoms with van der Waals surface area (Å²) in [5.41, 5.74) is 0. The number of aliphatic carboxylic acids is 1. The van der Waals surface area contributed by atoms with Crippen LogP contribution < -0.4 is 0 Å². The van der Waals surface area contributed by atoms with Gasteiger partial charge >= 0.3 is 11.9 Å². The summed E-state index contributed by atoms with van der Waals surface area (Å²) in [4.78, 5) is 24.9. The maximum absolute atomic E-state index is 13.3. The van der Waals surface area contributed by atoms with Gasteiger partial charge < -0.3 is 9.84 Å². The Balaban J connectivity index is 2.20. The molecule has 7 atom stereocenters. The molecular weight excluding hydrogens is 352 g/mol. The van der Waals surface area contributed by atoms with E-state index in [1.807, 2.05) is 0 Å². The fourth-order valence-electron chi connectivity index (χ4n) is 5.82. The Morgan fingerprint density at radius 2 is 1.39 bits per heavy atom. The number of carboxylic acids is 1. The highest BCUT2D eigenvalue weighted by atomic mass is 16.5. The van der Waals surface area contributed by atoms with Crippen LogP contribution >= 0.6 is 0 Å². The van der Waals surface area contributed by atoms with E-state index >= 15 is 0 Å². The first kappa shape index (κ1) is 23.2. The first-order chi connectivity index (χ1) is 13.1. The summed E-state index contributed by atoms with van der Waals surface area (Å²) in [6.07, 6.45) is 6.21. The van der Waals surface area contributed by atoms with Gasteiger partial charge in [-0.1, -0.05) is 54.4 Å². The van der Waals surface area contributed by atoms with Crippen molar-refractivity contribution in [2.24, 2.45) is 47.3 Å².